The Morgan fingerprint density at radius 1 is 1.60 bits per heavy atom. The van der Waals surface area contributed by atoms with E-state index < -0.39 is 0 Å². The van der Waals surface area contributed by atoms with E-state index >= 15 is 0 Å². The summed E-state index contributed by atoms with van der Waals surface area (Å²) < 4.78 is 0. The first-order chi connectivity index (χ1) is 4.72. The molecule has 0 bridgehead atoms. The molecule has 0 aliphatic carbocycles. The average molecular weight is 144 g/mol. The molecule has 60 valence electrons. The standard InChI is InChI=1S/C7H16N2O/c1-9-5-7(4-8,6-9)2-3-10/h10H,2-6,8H2,1H3. The Kier molecular flexibility index (Phi) is 2.28. The van der Waals surface area contributed by atoms with Crippen molar-refractivity contribution in [1.29, 1.82) is 0 Å². The second-order valence-electron chi connectivity index (χ2n) is 3.35. The number of hydrogen-bond acceptors (Lipinski definition) is 3. The van der Waals surface area contributed by atoms with Crippen LogP contribution in [0.25, 0.3) is 0 Å². The number of aliphatic hydroxyl groups excluding tert-OH is 1. The van der Waals surface area contributed by atoms with Gasteiger partial charge in [0.1, 0.15) is 0 Å². The summed E-state index contributed by atoms with van der Waals surface area (Å²) in [5, 5.41) is 8.71. The highest BCUT2D eigenvalue weighted by Gasteiger charge is 2.38. The Labute approximate surface area is 61.8 Å². The molecule has 0 aromatic rings. The summed E-state index contributed by atoms with van der Waals surface area (Å²) >= 11 is 0. The molecule has 3 nitrogen and oxygen atoms in total. The minimum absolute atomic E-state index is 0.240. The van der Waals surface area contributed by atoms with Crippen LogP contribution in [-0.2, 0) is 0 Å². The summed E-state index contributed by atoms with van der Waals surface area (Å²) in [5.74, 6) is 0. The lowest BCUT2D eigenvalue weighted by Gasteiger charge is -2.48. The van der Waals surface area contributed by atoms with Crippen LogP contribution in [0.5, 0.6) is 0 Å². The smallest absolute Gasteiger partial charge is 0.0437 e. The highest BCUT2D eigenvalue weighted by Crippen LogP contribution is 2.30. The van der Waals surface area contributed by atoms with E-state index in [0.717, 1.165) is 19.5 Å². The Bertz CT molecular complexity index is 105. The molecule has 0 radical (unpaired) electrons. The quantitative estimate of drug-likeness (QED) is 0.548. The third kappa shape index (κ3) is 1.31. The zero-order valence-corrected chi connectivity index (χ0v) is 6.51. The summed E-state index contributed by atoms with van der Waals surface area (Å²) in [6.07, 6.45) is 0.855. The first-order valence-corrected chi connectivity index (χ1v) is 3.72. The number of nitrogens with two attached hydrogens (primary N) is 1. The first-order valence-electron chi connectivity index (χ1n) is 3.72. The van der Waals surface area contributed by atoms with Crippen molar-refractivity contribution in [3.8, 4) is 0 Å². The molecule has 0 aromatic carbocycles. The summed E-state index contributed by atoms with van der Waals surface area (Å²) in [6, 6.07) is 0. The topological polar surface area (TPSA) is 49.5 Å². The summed E-state index contributed by atoms with van der Waals surface area (Å²) in [7, 11) is 2.07. The lowest BCUT2D eigenvalue weighted by atomic mass is 9.77. The highest BCUT2D eigenvalue weighted by molar-refractivity contribution is 4.93. The molecule has 10 heavy (non-hydrogen) atoms. The predicted octanol–water partition coefficient (Wildman–Crippen LogP) is -0.741. The summed E-state index contributed by atoms with van der Waals surface area (Å²) in [4.78, 5) is 2.22. The molecular formula is C7H16N2O. The van der Waals surface area contributed by atoms with Crippen molar-refractivity contribution in [3.05, 3.63) is 0 Å². The summed E-state index contributed by atoms with van der Waals surface area (Å²) in [5.41, 5.74) is 5.82. The number of nitrogens with zero attached hydrogens (tertiary/aromatic N) is 1. The molecular weight excluding hydrogens is 128 g/mol. The van der Waals surface area contributed by atoms with Gasteiger partial charge in [-0.25, -0.2) is 0 Å². The van der Waals surface area contributed by atoms with Gasteiger partial charge in [-0.15, -0.1) is 0 Å². The van der Waals surface area contributed by atoms with E-state index in [-0.39, 0.29) is 12.0 Å². The molecule has 3 heteroatoms. The van der Waals surface area contributed by atoms with Gasteiger partial charge in [0.25, 0.3) is 0 Å². The highest BCUT2D eigenvalue weighted by atomic mass is 16.3. The minimum atomic E-state index is 0.240. The molecule has 0 amide bonds. The predicted molar refractivity (Wildman–Crippen MR) is 40.7 cm³/mol. The lowest BCUT2D eigenvalue weighted by molar-refractivity contribution is 0.00900. The minimum Gasteiger partial charge on any atom is -0.396 e. The van der Waals surface area contributed by atoms with Gasteiger partial charge in [-0.2, -0.15) is 0 Å². The van der Waals surface area contributed by atoms with Gasteiger partial charge in [-0.1, -0.05) is 0 Å². The van der Waals surface area contributed by atoms with Crippen LogP contribution in [0.2, 0.25) is 0 Å². The Morgan fingerprint density at radius 2 is 2.20 bits per heavy atom. The van der Waals surface area contributed by atoms with E-state index in [1.54, 1.807) is 0 Å². The molecule has 3 N–H and O–H groups in total. The van der Waals surface area contributed by atoms with Crippen molar-refractivity contribution in [3.63, 3.8) is 0 Å². The molecule has 1 fully saturated rings. The van der Waals surface area contributed by atoms with Crippen LogP contribution >= 0.6 is 0 Å². The molecule has 0 saturated carbocycles. The molecule has 0 spiro atoms. The zero-order chi connectivity index (χ0) is 7.61. The normalized spacial score (nSPS) is 24.3. The van der Waals surface area contributed by atoms with Gasteiger partial charge in [0.15, 0.2) is 0 Å². The lowest BCUT2D eigenvalue weighted by Crippen LogP contribution is -2.58. The number of rotatable bonds is 3. The molecule has 1 aliphatic rings. The second-order valence-corrected chi connectivity index (χ2v) is 3.35. The van der Waals surface area contributed by atoms with Crippen molar-refractivity contribution in [2.45, 2.75) is 6.42 Å². The van der Waals surface area contributed by atoms with E-state index in [2.05, 4.69) is 11.9 Å². The largest absolute Gasteiger partial charge is 0.396 e. The molecule has 1 heterocycles. The van der Waals surface area contributed by atoms with Crippen LogP contribution in [0.1, 0.15) is 6.42 Å². The van der Waals surface area contributed by atoms with Crippen LogP contribution in [0, 0.1) is 5.41 Å². The molecule has 1 aliphatic heterocycles. The average Bonchev–Trinajstić information content (AvgIpc) is 1.84. The van der Waals surface area contributed by atoms with Crippen LogP contribution in [0.3, 0.4) is 0 Å². The van der Waals surface area contributed by atoms with Crippen molar-refractivity contribution < 1.29 is 5.11 Å². The SMILES string of the molecule is CN1CC(CN)(CCO)C1. The summed E-state index contributed by atoms with van der Waals surface area (Å²) in [6.45, 7) is 3.07. The number of aliphatic hydroxyl groups is 1. The maximum Gasteiger partial charge on any atom is 0.0437 e. The van der Waals surface area contributed by atoms with E-state index in [4.69, 9.17) is 10.8 Å². The van der Waals surface area contributed by atoms with Gasteiger partial charge in [-0.3, -0.25) is 0 Å². The van der Waals surface area contributed by atoms with Crippen molar-refractivity contribution in [2.75, 3.05) is 33.3 Å². The fourth-order valence-corrected chi connectivity index (χ4v) is 1.73. The number of hydrogen-bond donors (Lipinski definition) is 2. The second kappa shape index (κ2) is 2.86. The van der Waals surface area contributed by atoms with Crippen molar-refractivity contribution >= 4 is 0 Å². The van der Waals surface area contributed by atoms with E-state index in [1.807, 2.05) is 0 Å². The molecule has 0 atom stereocenters. The first kappa shape index (κ1) is 7.98. The Balaban J connectivity index is 2.32. The van der Waals surface area contributed by atoms with E-state index in [9.17, 15) is 0 Å². The van der Waals surface area contributed by atoms with Crippen LogP contribution in [0.15, 0.2) is 0 Å². The van der Waals surface area contributed by atoms with Gasteiger partial charge in [0, 0.05) is 31.7 Å². The fourth-order valence-electron chi connectivity index (χ4n) is 1.73. The van der Waals surface area contributed by atoms with Gasteiger partial charge in [0.05, 0.1) is 0 Å². The third-order valence-electron chi connectivity index (χ3n) is 2.29. The van der Waals surface area contributed by atoms with E-state index in [1.165, 1.54) is 0 Å². The Hall–Kier alpha value is -0.120. The number of likely N-dealkylation sites (tertiary alicyclic amines) is 1. The molecule has 0 aromatic heterocycles. The molecule has 1 saturated heterocycles. The molecule has 1 rings (SSSR count). The van der Waals surface area contributed by atoms with Crippen LogP contribution in [0.4, 0.5) is 0 Å². The van der Waals surface area contributed by atoms with Gasteiger partial charge in [0.2, 0.25) is 0 Å². The Morgan fingerprint density at radius 3 is 2.50 bits per heavy atom. The maximum atomic E-state index is 8.71. The van der Waals surface area contributed by atoms with Crippen LogP contribution in [-0.4, -0.2) is 43.3 Å². The third-order valence-corrected chi connectivity index (χ3v) is 2.29. The van der Waals surface area contributed by atoms with Gasteiger partial charge >= 0.3 is 0 Å². The van der Waals surface area contributed by atoms with E-state index in [0.29, 0.717) is 6.54 Å². The van der Waals surface area contributed by atoms with Crippen LogP contribution < -0.4 is 5.73 Å². The zero-order valence-electron chi connectivity index (χ0n) is 6.51. The maximum absolute atomic E-state index is 8.71. The van der Waals surface area contributed by atoms with Gasteiger partial charge < -0.3 is 15.7 Å². The van der Waals surface area contributed by atoms with Crippen molar-refractivity contribution in [1.82, 2.24) is 4.90 Å². The fraction of sp³-hybridized carbons (Fsp3) is 1.00. The van der Waals surface area contributed by atoms with Gasteiger partial charge in [-0.05, 0) is 13.5 Å². The molecule has 0 unspecified atom stereocenters. The monoisotopic (exact) mass is 144 g/mol. The van der Waals surface area contributed by atoms with Crippen molar-refractivity contribution in [2.24, 2.45) is 11.1 Å².